The minimum Gasteiger partial charge on any atom is -0.452 e. The van der Waals surface area contributed by atoms with Gasteiger partial charge in [0.15, 0.2) is 6.61 Å². The summed E-state index contributed by atoms with van der Waals surface area (Å²) in [5, 5.41) is 2.64. The smallest absolute Gasteiger partial charge is 0.341 e. The second-order valence-electron chi connectivity index (χ2n) is 5.54. The second kappa shape index (κ2) is 8.24. The van der Waals surface area contributed by atoms with Crippen molar-refractivity contribution in [2.24, 2.45) is 0 Å². The molecule has 24 heavy (non-hydrogen) atoms. The number of anilines is 1. The number of rotatable bonds is 6. The quantitative estimate of drug-likeness (QED) is 0.811. The number of hydrogen-bond donors (Lipinski definition) is 1. The highest BCUT2D eigenvalue weighted by molar-refractivity contribution is 5.95. The fraction of sp³-hybridized carbons (Fsp3) is 0.263. The largest absolute Gasteiger partial charge is 0.452 e. The summed E-state index contributed by atoms with van der Waals surface area (Å²) in [6.07, 6.45) is 1.04. The van der Waals surface area contributed by atoms with Gasteiger partial charge in [0.05, 0.1) is 5.56 Å². The van der Waals surface area contributed by atoms with Gasteiger partial charge in [-0.2, -0.15) is 0 Å². The molecule has 1 amide bonds. The number of carbonyl (C=O) groups is 2. The predicted octanol–water partition coefficient (Wildman–Crippen LogP) is 4.13. The summed E-state index contributed by atoms with van der Waals surface area (Å²) in [5.41, 5.74) is 1.62. The SMILES string of the molecule is CC[C@H](C)c1ccc(NC(=O)COC(=O)c2ccccc2F)cc1. The Bertz CT molecular complexity index is 713. The van der Waals surface area contributed by atoms with Crippen LogP contribution in [0.4, 0.5) is 10.1 Å². The highest BCUT2D eigenvalue weighted by atomic mass is 19.1. The fourth-order valence-corrected chi connectivity index (χ4v) is 2.16. The molecule has 0 unspecified atom stereocenters. The number of benzene rings is 2. The van der Waals surface area contributed by atoms with Crippen molar-refractivity contribution in [1.82, 2.24) is 0 Å². The Labute approximate surface area is 140 Å². The molecule has 5 heteroatoms. The van der Waals surface area contributed by atoms with Gasteiger partial charge in [0.25, 0.3) is 5.91 Å². The summed E-state index contributed by atoms with van der Waals surface area (Å²) < 4.78 is 18.3. The minimum atomic E-state index is -0.865. The monoisotopic (exact) mass is 329 g/mol. The van der Waals surface area contributed by atoms with E-state index in [2.05, 4.69) is 19.2 Å². The van der Waals surface area contributed by atoms with Crippen LogP contribution in [0.25, 0.3) is 0 Å². The van der Waals surface area contributed by atoms with Crippen molar-refractivity contribution in [2.45, 2.75) is 26.2 Å². The van der Waals surface area contributed by atoms with E-state index in [1.807, 2.05) is 12.1 Å². The zero-order valence-electron chi connectivity index (χ0n) is 13.7. The van der Waals surface area contributed by atoms with E-state index in [-0.39, 0.29) is 5.56 Å². The number of hydrogen-bond acceptors (Lipinski definition) is 3. The van der Waals surface area contributed by atoms with Gasteiger partial charge in [-0.15, -0.1) is 0 Å². The Hall–Kier alpha value is -2.69. The molecule has 1 N–H and O–H groups in total. The molecule has 0 fully saturated rings. The summed E-state index contributed by atoms with van der Waals surface area (Å²) in [5.74, 6) is -1.56. The number of ether oxygens (including phenoxy) is 1. The van der Waals surface area contributed by atoms with Crippen LogP contribution < -0.4 is 5.32 Å². The molecule has 0 heterocycles. The van der Waals surface area contributed by atoms with Crippen molar-refractivity contribution in [3.8, 4) is 0 Å². The van der Waals surface area contributed by atoms with Gasteiger partial charge in [-0.25, -0.2) is 9.18 Å². The molecule has 0 aromatic heterocycles. The van der Waals surface area contributed by atoms with Gasteiger partial charge in [0.2, 0.25) is 0 Å². The van der Waals surface area contributed by atoms with Crippen LogP contribution in [0, 0.1) is 5.82 Å². The number of esters is 1. The molecule has 0 saturated carbocycles. The van der Waals surface area contributed by atoms with E-state index in [9.17, 15) is 14.0 Å². The van der Waals surface area contributed by atoms with Crippen LogP contribution in [-0.4, -0.2) is 18.5 Å². The first-order chi connectivity index (χ1) is 11.5. The fourth-order valence-electron chi connectivity index (χ4n) is 2.16. The second-order valence-corrected chi connectivity index (χ2v) is 5.54. The van der Waals surface area contributed by atoms with Gasteiger partial charge in [0, 0.05) is 5.69 Å². The van der Waals surface area contributed by atoms with Crippen LogP contribution in [0.1, 0.15) is 42.1 Å². The molecule has 0 aliphatic rings. The zero-order valence-corrected chi connectivity index (χ0v) is 13.7. The zero-order chi connectivity index (χ0) is 17.5. The summed E-state index contributed by atoms with van der Waals surface area (Å²) >= 11 is 0. The average Bonchev–Trinajstić information content (AvgIpc) is 2.60. The molecule has 2 rings (SSSR count). The van der Waals surface area contributed by atoms with E-state index < -0.39 is 24.3 Å². The molecule has 126 valence electrons. The maximum absolute atomic E-state index is 13.4. The van der Waals surface area contributed by atoms with Crippen molar-refractivity contribution < 1.29 is 18.7 Å². The van der Waals surface area contributed by atoms with Crippen molar-refractivity contribution in [3.63, 3.8) is 0 Å². The molecule has 0 saturated heterocycles. The van der Waals surface area contributed by atoms with Crippen LogP contribution in [0.2, 0.25) is 0 Å². The van der Waals surface area contributed by atoms with E-state index in [4.69, 9.17) is 4.74 Å². The molecule has 0 bridgehead atoms. The van der Waals surface area contributed by atoms with Crippen molar-refractivity contribution in [1.29, 1.82) is 0 Å². The third-order valence-electron chi connectivity index (χ3n) is 3.80. The Kier molecular flexibility index (Phi) is 6.07. The normalized spacial score (nSPS) is 11.6. The van der Waals surface area contributed by atoms with E-state index in [0.29, 0.717) is 11.6 Å². The molecule has 0 aliphatic heterocycles. The van der Waals surface area contributed by atoms with Gasteiger partial charge in [-0.1, -0.05) is 38.1 Å². The van der Waals surface area contributed by atoms with Gasteiger partial charge in [-0.3, -0.25) is 4.79 Å². The Morgan fingerprint density at radius 3 is 2.42 bits per heavy atom. The van der Waals surface area contributed by atoms with Gasteiger partial charge < -0.3 is 10.1 Å². The highest BCUT2D eigenvalue weighted by Crippen LogP contribution is 2.20. The van der Waals surface area contributed by atoms with Crippen molar-refractivity contribution >= 4 is 17.6 Å². The molecule has 2 aromatic rings. The maximum Gasteiger partial charge on any atom is 0.341 e. The molecular formula is C19H20FNO3. The summed E-state index contributed by atoms with van der Waals surface area (Å²) in [4.78, 5) is 23.6. The lowest BCUT2D eigenvalue weighted by Crippen LogP contribution is -2.21. The maximum atomic E-state index is 13.4. The van der Waals surface area contributed by atoms with E-state index in [1.165, 1.54) is 23.8 Å². The van der Waals surface area contributed by atoms with Crippen LogP contribution in [0.3, 0.4) is 0 Å². The topological polar surface area (TPSA) is 55.4 Å². The van der Waals surface area contributed by atoms with Crippen LogP contribution in [-0.2, 0) is 9.53 Å². The first kappa shape index (κ1) is 17.7. The number of nitrogens with one attached hydrogen (secondary N) is 1. The van der Waals surface area contributed by atoms with E-state index in [1.54, 1.807) is 12.1 Å². The lowest BCUT2D eigenvalue weighted by molar-refractivity contribution is -0.119. The lowest BCUT2D eigenvalue weighted by atomic mass is 9.99. The van der Waals surface area contributed by atoms with Gasteiger partial charge in [0.1, 0.15) is 5.82 Å². The van der Waals surface area contributed by atoms with Crippen LogP contribution >= 0.6 is 0 Å². The standard InChI is InChI=1S/C19H20FNO3/c1-3-13(2)14-8-10-15(11-9-14)21-18(22)12-24-19(23)16-6-4-5-7-17(16)20/h4-11,13H,3,12H2,1-2H3,(H,21,22)/t13-/m0/s1. The third-order valence-corrected chi connectivity index (χ3v) is 3.80. The third kappa shape index (κ3) is 4.65. The minimum absolute atomic E-state index is 0.191. The Balaban J connectivity index is 1.87. The predicted molar refractivity (Wildman–Crippen MR) is 90.5 cm³/mol. The first-order valence-electron chi connectivity index (χ1n) is 7.82. The van der Waals surface area contributed by atoms with Crippen molar-refractivity contribution in [3.05, 3.63) is 65.5 Å². The average molecular weight is 329 g/mol. The number of amides is 1. The van der Waals surface area contributed by atoms with Crippen molar-refractivity contribution in [2.75, 3.05) is 11.9 Å². The molecule has 2 aromatic carbocycles. The highest BCUT2D eigenvalue weighted by Gasteiger charge is 2.14. The Morgan fingerprint density at radius 2 is 1.79 bits per heavy atom. The Morgan fingerprint density at radius 1 is 1.12 bits per heavy atom. The van der Waals surface area contributed by atoms with Gasteiger partial charge >= 0.3 is 5.97 Å². The molecule has 0 aliphatic carbocycles. The van der Waals surface area contributed by atoms with E-state index >= 15 is 0 Å². The molecule has 0 radical (unpaired) electrons. The van der Waals surface area contributed by atoms with Gasteiger partial charge in [-0.05, 0) is 42.2 Å². The van der Waals surface area contributed by atoms with Crippen LogP contribution in [0.15, 0.2) is 48.5 Å². The van der Waals surface area contributed by atoms with Crippen LogP contribution in [0.5, 0.6) is 0 Å². The molecule has 1 atom stereocenters. The molecule has 4 nitrogen and oxygen atoms in total. The number of halogens is 1. The first-order valence-corrected chi connectivity index (χ1v) is 7.82. The molecular weight excluding hydrogens is 309 g/mol. The summed E-state index contributed by atoms with van der Waals surface area (Å²) in [7, 11) is 0. The lowest BCUT2D eigenvalue weighted by Gasteiger charge is -2.11. The summed E-state index contributed by atoms with van der Waals surface area (Å²) in [6, 6.07) is 13.0. The molecule has 0 spiro atoms. The number of carbonyl (C=O) groups excluding carboxylic acids is 2. The van der Waals surface area contributed by atoms with E-state index in [0.717, 1.165) is 12.5 Å². The summed E-state index contributed by atoms with van der Waals surface area (Å²) in [6.45, 7) is 3.78.